The van der Waals surface area contributed by atoms with Crippen LogP contribution >= 0.6 is 15.9 Å². The van der Waals surface area contributed by atoms with Gasteiger partial charge < -0.3 is 10.3 Å². The fraction of sp³-hybridized carbons (Fsp3) is 0.222. The zero-order valence-corrected chi connectivity index (χ0v) is 8.66. The molecule has 0 aliphatic heterocycles. The fourth-order valence-corrected chi connectivity index (χ4v) is 1.83. The van der Waals surface area contributed by atoms with Crippen LogP contribution in [0.15, 0.2) is 29.0 Å². The van der Waals surface area contributed by atoms with E-state index < -0.39 is 0 Å². The van der Waals surface area contributed by atoms with Gasteiger partial charge in [-0.25, -0.2) is 4.98 Å². The molecule has 2 N–H and O–H groups in total. The summed E-state index contributed by atoms with van der Waals surface area (Å²) in [4.78, 5) is 4.30. The molecule has 0 bridgehead atoms. The number of benzene rings is 1. The summed E-state index contributed by atoms with van der Waals surface area (Å²) in [5, 5.41) is 0. The van der Waals surface area contributed by atoms with Crippen molar-refractivity contribution in [2.24, 2.45) is 5.73 Å². The van der Waals surface area contributed by atoms with Gasteiger partial charge in [0.15, 0.2) is 0 Å². The van der Waals surface area contributed by atoms with Gasteiger partial charge in [0.05, 0.1) is 11.8 Å². The lowest BCUT2D eigenvalue weighted by Gasteiger charge is -2.00. The van der Waals surface area contributed by atoms with Crippen LogP contribution in [-0.2, 0) is 6.54 Å². The van der Waals surface area contributed by atoms with E-state index in [2.05, 4.69) is 25.5 Å². The minimum atomic E-state index is 0.637. The summed E-state index contributed by atoms with van der Waals surface area (Å²) in [6, 6.07) is 6.03. The second kappa shape index (κ2) is 3.47. The van der Waals surface area contributed by atoms with Gasteiger partial charge in [-0.3, -0.25) is 0 Å². The molecule has 0 atom stereocenters. The van der Waals surface area contributed by atoms with Crippen LogP contribution in [0, 0.1) is 0 Å². The van der Waals surface area contributed by atoms with Crippen molar-refractivity contribution in [2.75, 3.05) is 6.54 Å². The first kappa shape index (κ1) is 8.72. The molecule has 0 spiro atoms. The predicted octanol–water partition coefficient (Wildman–Crippen LogP) is 1.76. The van der Waals surface area contributed by atoms with Gasteiger partial charge in [0.2, 0.25) is 0 Å². The minimum absolute atomic E-state index is 0.637. The quantitative estimate of drug-likeness (QED) is 0.869. The zero-order chi connectivity index (χ0) is 9.26. The molecule has 0 saturated carbocycles. The van der Waals surface area contributed by atoms with E-state index in [1.54, 1.807) is 0 Å². The zero-order valence-electron chi connectivity index (χ0n) is 7.07. The molecule has 0 unspecified atom stereocenters. The number of rotatable bonds is 2. The Morgan fingerprint density at radius 2 is 2.31 bits per heavy atom. The number of para-hydroxylation sites is 1. The van der Waals surface area contributed by atoms with Crippen LogP contribution in [0.1, 0.15) is 0 Å². The van der Waals surface area contributed by atoms with Crippen LogP contribution in [-0.4, -0.2) is 16.1 Å². The Kier molecular flexibility index (Phi) is 2.33. The molecule has 0 aliphatic carbocycles. The van der Waals surface area contributed by atoms with Gasteiger partial charge in [-0.2, -0.15) is 0 Å². The van der Waals surface area contributed by atoms with Crippen molar-refractivity contribution in [3.8, 4) is 0 Å². The second-order valence-corrected chi connectivity index (χ2v) is 3.69. The summed E-state index contributed by atoms with van der Waals surface area (Å²) >= 11 is 3.45. The first-order chi connectivity index (χ1) is 6.33. The van der Waals surface area contributed by atoms with Crippen LogP contribution < -0.4 is 5.73 Å². The third-order valence-corrected chi connectivity index (χ3v) is 2.61. The molecule has 1 aromatic heterocycles. The lowest BCUT2D eigenvalue weighted by Crippen LogP contribution is -2.08. The number of hydrogen-bond acceptors (Lipinski definition) is 2. The Bertz CT molecular complexity index is 422. The fourth-order valence-electron chi connectivity index (χ4n) is 1.37. The van der Waals surface area contributed by atoms with Crippen molar-refractivity contribution >= 4 is 27.0 Å². The molecule has 0 fully saturated rings. The maximum atomic E-state index is 5.49. The molecule has 2 aromatic rings. The largest absolute Gasteiger partial charge is 0.329 e. The lowest BCUT2D eigenvalue weighted by molar-refractivity contribution is 0.728. The molecule has 4 heteroatoms. The van der Waals surface area contributed by atoms with Crippen molar-refractivity contribution in [2.45, 2.75) is 6.54 Å². The minimum Gasteiger partial charge on any atom is -0.329 e. The Labute approximate surface area is 84.7 Å². The van der Waals surface area contributed by atoms with E-state index >= 15 is 0 Å². The highest BCUT2D eigenvalue weighted by Gasteiger charge is 2.03. The number of hydrogen-bond donors (Lipinski definition) is 1. The van der Waals surface area contributed by atoms with Gasteiger partial charge >= 0.3 is 0 Å². The second-order valence-electron chi connectivity index (χ2n) is 2.83. The molecule has 3 nitrogen and oxygen atoms in total. The Morgan fingerprint density at radius 1 is 1.46 bits per heavy atom. The van der Waals surface area contributed by atoms with Gasteiger partial charge in [-0.15, -0.1) is 0 Å². The monoisotopic (exact) mass is 239 g/mol. The number of fused-ring (bicyclic) bond motifs is 1. The smallest absolute Gasteiger partial charge is 0.103 e. The van der Waals surface area contributed by atoms with E-state index in [1.165, 1.54) is 0 Å². The SMILES string of the molecule is NCCn1cnc2c(Br)cccc21. The summed E-state index contributed by atoms with van der Waals surface area (Å²) in [6.45, 7) is 1.45. The molecule has 0 aliphatic rings. The van der Waals surface area contributed by atoms with E-state index in [4.69, 9.17) is 5.73 Å². The first-order valence-corrected chi connectivity index (χ1v) is 4.91. The lowest BCUT2D eigenvalue weighted by atomic mass is 10.3. The van der Waals surface area contributed by atoms with Crippen molar-refractivity contribution in [1.29, 1.82) is 0 Å². The van der Waals surface area contributed by atoms with Gasteiger partial charge in [0, 0.05) is 17.6 Å². The summed E-state index contributed by atoms with van der Waals surface area (Å²) in [5.41, 5.74) is 7.61. The number of nitrogens with two attached hydrogens (primary N) is 1. The Morgan fingerprint density at radius 3 is 3.08 bits per heavy atom. The van der Waals surface area contributed by atoms with Crippen molar-refractivity contribution in [3.05, 3.63) is 29.0 Å². The van der Waals surface area contributed by atoms with E-state index in [9.17, 15) is 0 Å². The average molecular weight is 240 g/mol. The summed E-state index contributed by atoms with van der Waals surface area (Å²) < 4.78 is 3.08. The van der Waals surface area contributed by atoms with E-state index in [1.807, 2.05) is 24.5 Å². The number of halogens is 1. The van der Waals surface area contributed by atoms with Crippen LogP contribution in [0.4, 0.5) is 0 Å². The van der Waals surface area contributed by atoms with Gasteiger partial charge in [0.25, 0.3) is 0 Å². The van der Waals surface area contributed by atoms with Crippen LogP contribution in [0.25, 0.3) is 11.0 Å². The molecule has 0 amide bonds. The third kappa shape index (κ3) is 1.47. The van der Waals surface area contributed by atoms with E-state index in [-0.39, 0.29) is 0 Å². The maximum absolute atomic E-state index is 5.49. The number of aromatic nitrogens is 2. The van der Waals surface area contributed by atoms with Gasteiger partial charge in [-0.05, 0) is 28.1 Å². The van der Waals surface area contributed by atoms with E-state index in [0.717, 1.165) is 22.1 Å². The Hall–Kier alpha value is -0.870. The first-order valence-electron chi connectivity index (χ1n) is 4.12. The molecule has 1 aromatic carbocycles. The van der Waals surface area contributed by atoms with Crippen LogP contribution in [0.5, 0.6) is 0 Å². The third-order valence-electron chi connectivity index (χ3n) is 1.97. The highest BCUT2D eigenvalue weighted by Crippen LogP contribution is 2.21. The van der Waals surface area contributed by atoms with Crippen molar-refractivity contribution < 1.29 is 0 Å². The van der Waals surface area contributed by atoms with Crippen molar-refractivity contribution in [1.82, 2.24) is 9.55 Å². The molecular formula is C9H10BrN3. The predicted molar refractivity (Wildman–Crippen MR) is 56.5 cm³/mol. The average Bonchev–Trinajstić information content (AvgIpc) is 2.51. The van der Waals surface area contributed by atoms with Crippen LogP contribution in [0.3, 0.4) is 0 Å². The van der Waals surface area contributed by atoms with Gasteiger partial charge in [0.1, 0.15) is 5.52 Å². The molecular weight excluding hydrogens is 230 g/mol. The number of imidazole rings is 1. The van der Waals surface area contributed by atoms with Crippen LogP contribution in [0.2, 0.25) is 0 Å². The summed E-state index contributed by atoms with van der Waals surface area (Å²) in [6.07, 6.45) is 1.82. The molecule has 0 radical (unpaired) electrons. The van der Waals surface area contributed by atoms with E-state index in [0.29, 0.717) is 6.54 Å². The van der Waals surface area contributed by atoms with Gasteiger partial charge in [-0.1, -0.05) is 6.07 Å². The maximum Gasteiger partial charge on any atom is 0.103 e. The molecule has 68 valence electrons. The topological polar surface area (TPSA) is 43.8 Å². The molecule has 0 saturated heterocycles. The number of nitrogens with zero attached hydrogens (tertiary/aromatic N) is 2. The Balaban J connectivity index is 2.61. The molecule has 13 heavy (non-hydrogen) atoms. The normalized spacial score (nSPS) is 10.9. The summed E-state index contributed by atoms with van der Waals surface area (Å²) in [7, 11) is 0. The summed E-state index contributed by atoms with van der Waals surface area (Å²) in [5.74, 6) is 0. The highest BCUT2D eigenvalue weighted by atomic mass is 79.9. The standard InChI is InChI=1S/C9H10BrN3/c10-7-2-1-3-8-9(7)12-6-13(8)5-4-11/h1-3,6H,4-5,11H2. The van der Waals surface area contributed by atoms with Crippen molar-refractivity contribution in [3.63, 3.8) is 0 Å². The molecule has 1 heterocycles. The molecule has 2 rings (SSSR count). The highest BCUT2D eigenvalue weighted by molar-refractivity contribution is 9.10.